The molecule has 92 valence electrons. The standard InChI is InChI=1S/C14H24IN/c1-3-4-9-13-10-7-5-6-8-11-16(2)14(13)12-15/h5-8,13-14H,3-4,9-12H2,1-2H3/b7-5-,8-6-. The van der Waals surface area contributed by atoms with Gasteiger partial charge < -0.3 is 0 Å². The van der Waals surface area contributed by atoms with Crippen molar-refractivity contribution in [3.63, 3.8) is 0 Å². The Morgan fingerprint density at radius 1 is 1.31 bits per heavy atom. The molecule has 0 radical (unpaired) electrons. The minimum absolute atomic E-state index is 0.736. The van der Waals surface area contributed by atoms with Crippen LogP contribution in [0.5, 0.6) is 0 Å². The van der Waals surface area contributed by atoms with E-state index < -0.39 is 0 Å². The number of nitrogens with zero attached hydrogens (tertiary/aromatic N) is 1. The highest BCUT2D eigenvalue weighted by Crippen LogP contribution is 2.23. The van der Waals surface area contributed by atoms with Gasteiger partial charge in [-0.25, -0.2) is 0 Å². The van der Waals surface area contributed by atoms with Crippen molar-refractivity contribution in [3.05, 3.63) is 24.3 Å². The van der Waals surface area contributed by atoms with E-state index in [9.17, 15) is 0 Å². The molecule has 1 rings (SSSR count). The first-order valence-corrected chi connectivity index (χ1v) is 7.90. The Balaban J connectivity index is 2.66. The first kappa shape index (κ1) is 14.2. The van der Waals surface area contributed by atoms with Gasteiger partial charge in [-0.05, 0) is 25.8 Å². The first-order valence-electron chi connectivity index (χ1n) is 6.37. The number of likely N-dealkylation sites (N-methyl/N-ethyl adjacent to an activating group) is 1. The largest absolute Gasteiger partial charge is 0.299 e. The summed E-state index contributed by atoms with van der Waals surface area (Å²) >= 11 is 2.54. The first-order chi connectivity index (χ1) is 7.79. The predicted molar refractivity (Wildman–Crippen MR) is 81.2 cm³/mol. The molecule has 1 aliphatic rings. The maximum atomic E-state index is 2.54. The van der Waals surface area contributed by atoms with Crippen LogP contribution in [-0.2, 0) is 0 Å². The van der Waals surface area contributed by atoms with Crippen molar-refractivity contribution in [2.45, 2.75) is 38.6 Å². The summed E-state index contributed by atoms with van der Waals surface area (Å²) in [4.78, 5) is 2.51. The number of alkyl halides is 1. The minimum atomic E-state index is 0.736. The molecule has 0 saturated heterocycles. The molecule has 0 fully saturated rings. The molecule has 0 aliphatic carbocycles. The molecular weight excluding hydrogens is 309 g/mol. The third-order valence-electron chi connectivity index (χ3n) is 3.41. The maximum absolute atomic E-state index is 2.54. The Morgan fingerprint density at radius 2 is 2.06 bits per heavy atom. The normalized spacial score (nSPS) is 31.4. The topological polar surface area (TPSA) is 3.24 Å². The van der Waals surface area contributed by atoms with Gasteiger partial charge in [-0.2, -0.15) is 0 Å². The second-order valence-corrected chi connectivity index (χ2v) is 5.54. The summed E-state index contributed by atoms with van der Waals surface area (Å²) in [6.07, 6.45) is 14.3. The van der Waals surface area contributed by atoms with Gasteiger partial charge in [0.25, 0.3) is 0 Å². The molecular formula is C14H24IN. The second-order valence-electron chi connectivity index (χ2n) is 4.66. The van der Waals surface area contributed by atoms with Crippen molar-refractivity contribution in [1.82, 2.24) is 4.90 Å². The van der Waals surface area contributed by atoms with Crippen LogP contribution in [0.3, 0.4) is 0 Å². The quantitative estimate of drug-likeness (QED) is 0.554. The average molecular weight is 333 g/mol. The monoisotopic (exact) mass is 333 g/mol. The molecule has 2 heteroatoms. The number of halogens is 1. The van der Waals surface area contributed by atoms with Gasteiger partial charge in [0.1, 0.15) is 0 Å². The van der Waals surface area contributed by atoms with Crippen LogP contribution in [0.1, 0.15) is 32.6 Å². The van der Waals surface area contributed by atoms with Crippen LogP contribution in [0.2, 0.25) is 0 Å². The summed E-state index contributed by atoms with van der Waals surface area (Å²) < 4.78 is 1.24. The molecule has 0 aromatic carbocycles. The number of unbranched alkanes of at least 4 members (excludes halogenated alkanes) is 1. The second kappa shape index (κ2) is 8.29. The number of hydrogen-bond acceptors (Lipinski definition) is 1. The third kappa shape index (κ3) is 4.58. The van der Waals surface area contributed by atoms with E-state index in [1.165, 1.54) is 30.1 Å². The Hall–Kier alpha value is 0.170. The molecule has 1 heterocycles. The van der Waals surface area contributed by atoms with Gasteiger partial charge >= 0.3 is 0 Å². The summed E-state index contributed by atoms with van der Waals surface area (Å²) in [5, 5.41) is 0. The van der Waals surface area contributed by atoms with Gasteiger partial charge in [0, 0.05) is 17.0 Å². The van der Waals surface area contributed by atoms with E-state index in [4.69, 9.17) is 0 Å². The molecule has 0 amide bonds. The van der Waals surface area contributed by atoms with Gasteiger partial charge in [0.2, 0.25) is 0 Å². The fraction of sp³-hybridized carbons (Fsp3) is 0.714. The van der Waals surface area contributed by atoms with Crippen LogP contribution in [0.4, 0.5) is 0 Å². The molecule has 1 nitrogen and oxygen atoms in total. The molecule has 2 atom stereocenters. The van der Waals surface area contributed by atoms with E-state index in [0.717, 1.165) is 18.5 Å². The van der Waals surface area contributed by atoms with Crippen molar-refractivity contribution < 1.29 is 0 Å². The zero-order chi connectivity index (χ0) is 11.8. The highest BCUT2D eigenvalue weighted by atomic mass is 127. The maximum Gasteiger partial charge on any atom is 0.0216 e. The SMILES string of the molecule is CCCCC1C/C=C\C=C/CN(C)C1CI. The Labute approximate surface area is 114 Å². The van der Waals surface area contributed by atoms with Crippen LogP contribution in [-0.4, -0.2) is 29.0 Å². The smallest absolute Gasteiger partial charge is 0.0216 e. The number of hydrogen-bond donors (Lipinski definition) is 0. The lowest BCUT2D eigenvalue weighted by molar-refractivity contribution is 0.204. The van der Waals surface area contributed by atoms with Crippen molar-refractivity contribution >= 4 is 22.6 Å². The van der Waals surface area contributed by atoms with Crippen molar-refractivity contribution in [1.29, 1.82) is 0 Å². The molecule has 0 bridgehead atoms. The van der Waals surface area contributed by atoms with Gasteiger partial charge in [-0.3, -0.25) is 4.90 Å². The molecule has 1 aliphatic heterocycles. The molecule has 0 saturated carbocycles. The summed E-state index contributed by atoms with van der Waals surface area (Å²) in [6, 6.07) is 0.736. The minimum Gasteiger partial charge on any atom is -0.299 e. The van der Waals surface area contributed by atoms with Crippen LogP contribution in [0.25, 0.3) is 0 Å². The van der Waals surface area contributed by atoms with Crippen LogP contribution < -0.4 is 0 Å². The average Bonchev–Trinajstić information content (AvgIpc) is 2.37. The van der Waals surface area contributed by atoms with E-state index in [0.29, 0.717) is 0 Å². The molecule has 2 unspecified atom stereocenters. The van der Waals surface area contributed by atoms with E-state index in [-0.39, 0.29) is 0 Å². The lowest BCUT2D eigenvalue weighted by Crippen LogP contribution is -2.39. The van der Waals surface area contributed by atoms with Crippen LogP contribution in [0, 0.1) is 5.92 Å². The summed E-state index contributed by atoms with van der Waals surface area (Å²) in [5.74, 6) is 0.831. The van der Waals surface area contributed by atoms with Crippen LogP contribution in [0.15, 0.2) is 24.3 Å². The molecule has 0 N–H and O–H groups in total. The summed E-state index contributed by atoms with van der Waals surface area (Å²) in [6.45, 7) is 3.37. The molecule has 0 aromatic heterocycles. The van der Waals surface area contributed by atoms with Crippen molar-refractivity contribution in [2.75, 3.05) is 18.0 Å². The highest BCUT2D eigenvalue weighted by molar-refractivity contribution is 14.1. The van der Waals surface area contributed by atoms with Crippen molar-refractivity contribution in [2.24, 2.45) is 5.92 Å². The van der Waals surface area contributed by atoms with E-state index in [1.807, 2.05) is 0 Å². The summed E-state index contributed by atoms with van der Waals surface area (Å²) in [5.41, 5.74) is 0. The van der Waals surface area contributed by atoms with Crippen molar-refractivity contribution in [3.8, 4) is 0 Å². The zero-order valence-electron chi connectivity index (χ0n) is 10.5. The van der Waals surface area contributed by atoms with E-state index >= 15 is 0 Å². The Morgan fingerprint density at radius 3 is 2.75 bits per heavy atom. The molecule has 0 aromatic rings. The third-order valence-corrected chi connectivity index (χ3v) is 4.31. The zero-order valence-corrected chi connectivity index (χ0v) is 12.7. The van der Waals surface area contributed by atoms with Gasteiger partial charge in [0.15, 0.2) is 0 Å². The van der Waals surface area contributed by atoms with E-state index in [2.05, 4.69) is 65.8 Å². The molecule has 0 spiro atoms. The Bertz CT molecular complexity index is 235. The summed E-state index contributed by atoms with van der Waals surface area (Å²) in [7, 11) is 2.26. The van der Waals surface area contributed by atoms with Gasteiger partial charge in [0.05, 0.1) is 0 Å². The lowest BCUT2D eigenvalue weighted by atomic mass is 9.91. The molecule has 16 heavy (non-hydrogen) atoms. The number of allylic oxidation sites excluding steroid dienone is 3. The fourth-order valence-electron chi connectivity index (χ4n) is 2.31. The van der Waals surface area contributed by atoms with Crippen LogP contribution >= 0.6 is 22.6 Å². The highest BCUT2D eigenvalue weighted by Gasteiger charge is 2.22. The fourth-order valence-corrected chi connectivity index (χ4v) is 3.70. The predicted octanol–water partition coefficient (Wildman–Crippen LogP) is 4.04. The lowest BCUT2D eigenvalue weighted by Gasteiger charge is -2.32. The van der Waals surface area contributed by atoms with E-state index in [1.54, 1.807) is 0 Å². The van der Waals surface area contributed by atoms with Gasteiger partial charge in [-0.15, -0.1) is 0 Å². The Kier molecular flexibility index (Phi) is 7.37. The van der Waals surface area contributed by atoms with Gasteiger partial charge in [-0.1, -0.05) is 66.7 Å². The number of rotatable bonds is 4.